The van der Waals surface area contributed by atoms with Gasteiger partial charge >= 0.3 is 0 Å². The monoisotopic (exact) mass is 342 g/mol. The van der Waals surface area contributed by atoms with Gasteiger partial charge in [0.25, 0.3) is 5.91 Å². The van der Waals surface area contributed by atoms with E-state index in [2.05, 4.69) is 26.0 Å². The summed E-state index contributed by atoms with van der Waals surface area (Å²) in [5, 5.41) is 13.0. The molecule has 0 bridgehead atoms. The number of hydrogen-bond donors (Lipinski definition) is 3. The van der Waals surface area contributed by atoms with Crippen molar-refractivity contribution in [3.8, 4) is 0 Å². The third kappa shape index (κ3) is 4.42. The van der Waals surface area contributed by atoms with Crippen molar-refractivity contribution in [2.24, 2.45) is 7.05 Å². The van der Waals surface area contributed by atoms with E-state index in [0.29, 0.717) is 17.4 Å². The van der Waals surface area contributed by atoms with Crippen LogP contribution in [0.1, 0.15) is 34.9 Å². The van der Waals surface area contributed by atoms with E-state index in [1.807, 2.05) is 6.07 Å². The van der Waals surface area contributed by atoms with E-state index < -0.39 is 0 Å². The lowest BCUT2D eigenvalue weighted by atomic mass is 9.98. The van der Waals surface area contributed by atoms with E-state index in [9.17, 15) is 9.59 Å². The SMILES string of the molecule is Cn1nc(C2CCNCC2)nc1NC(=O)CNC(=O)c1ccccc1. The summed E-state index contributed by atoms with van der Waals surface area (Å²) in [5.41, 5.74) is 0.516. The second kappa shape index (κ2) is 7.89. The molecule has 1 aliphatic rings. The zero-order valence-electron chi connectivity index (χ0n) is 14.2. The van der Waals surface area contributed by atoms with Gasteiger partial charge in [-0.1, -0.05) is 18.2 Å². The van der Waals surface area contributed by atoms with Gasteiger partial charge in [-0.15, -0.1) is 0 Å². The van der Waals surface area contributed by atoms with Crippen LogP contribution < -0.4 is 16.0 Å². The first kappa shape index (κ1) is 17.1. The van der Waals surface area contributed by atoms with Gasteiger partial charge in [0.15, 0.2) is 5.82 Å². The van der Waals surface area contributed by atoms with Crippen molar-refractivity contribution >= 4 is 17.8 Å². The summed E-state index contributed by atoms with van der Waals surface area (Å²) in [6.45, 7) is 1.79. The van der Waals surface area contributed by atoms with Gasteiger partial charge in [-0.3, -0.25) is 14.9 Å². The van der Waals surface area contributed by atoms with Gasteiger partial charge in [-0.2, -0.15) is 10.1 Å². The summed E-state index contributed by atoms with van der Waals surface area (Å²) in [7, 11) is 1.75. The molecule has 8 nitrogen and oxygen atoms in total. The quantitative estimate of drug-likeness (QED) is 0.741. The van der Waals surface area contributed by atoms with Crippen LogP contribution in [-0.4, -0.2) is 46.2 Å². The van der Waals surface area contributed by atoms with Crippen LogP contribution in [0.3, 0.4) is 0 Å². The lowest BCUT2D eigenvalue weighted by Gasteiger charge is -2.19. The van der Waals surface area contributed by atoms with E-state index in [4.69, 9.17) is 0 Å². The molecule has 1 aromatic heterocycles. The maximum atomic E-state index is 12.1. The largest absolute Gasteiger partial charge is 0.343 e. The molecule has 25 heavy (non-hydrogen) atoms. The van der Waals surface area contributed by atoms with Crippen molar-refractivity contribution in [3.05, 3.63) is 41.7 Å². The Hall–Kier alpha value is -2.74. The molecule has 132 valence electrons. The predicted octanol–water partition coefficient (Wildman–Crippen LogP) is 0.651. The summed E-state index contributed by atoms with van der Waals surface area (Å²) in [6.07, 6.45) is 1.98. The summed E-state index contributed by atoms with van der Waals surface area (Å²) >= 11 is 0. The van der Waals surface area contributed by atoms with Gasteiger partial charge < -0.3 is 10.6 Å². The van der Waals surface area contributed by atoms with Crippen LogP contribution in [0, 0.1) is 0 Å². The molecule has 1 saturated heterocycles. The zero-order chi connectivity index (χ0) is 17.6. The van der Waals surface area contributed by atoms with Crippen molar-refractivity contribution in [1.29, 1.82) is 0 Å². The van der Waals surface area contributed by atoms with Gasteiger partial charge in [0.1, 0.15) is 0 Å². The number of nitrogens with one attached hydrogen (secondary N) is 3. The Morgan fingerprint density at radius 1 is 1.24 bits per heavy atom. The minimum absolute atomic E-state index is 0.122. The normalized spacial score (nSPS) is 14.9. The molecule has 1 aromatic carbocycles. The van der Waals surface area contributed by atoms with Crippen molar-refractivity contribution in [2.45, 2.75) is 18.8 Å². The number of carbonyl (C=O) groups excluding carboxylic acids is 2. The van der Waals surface area contributed by atoms with E-state index in [1.165, 1.54) is 0 Å². The van der Waals surface area contributed by atoms with Gasteiger partial charge in [0.05, 0.1) is 6.54 Å². The molecule has 3 N–H and O–H groups in total. The highest BCUT2D eigenvalue weighted by Gasteiger charge is 2.21. The van der Waals surface area contributed by atoms with E-state index in [0.717, 1.165) is 31.8 Å². The van der Waals surface area contributed by atoms with Crippen LogP contribution in [0.25, 0.3) is 0 Å². The van der Waals surface area contributed by atoms with Gasteiger partial charge in [0.2, 0.25) is 11.9 Å². The Labute approximate surface area is 146 Å². The lowest BCUT2D eigenvalue weighted by Crippen LogP contribution is -2.33. The zero-order valence-corrected chi connectivity index (χ0v) is 14.2. The molecule has 2 amide bonds. The van der Waals surface area contributed by atoms with Crippen LogP contribution in [0.2, 0.25) is 0 Å². The molecule has 2 aromatic rings. The van der Waals surface area contributed by atoms with Crippen LogP contribution in [0.5, 0.6) is 0 Å². The van der Waals surface area contributed by atoms with Crippen LogP contribution in [0.15, 0.2) is 30.3 Å². The molecule has 0 atom stereocenters. The molecule has 0 unspecified atom stereocenters. The Kier molecular flexibility index (Phi) is 5.39. The van der Waals surface area contributed by atoms with Gasteiger partial charge in [0, 0.05) is 18.5 Å². The fourth-order valence-electron chi connectivity index (χ4n) is 2.79. The van der Waals surface area contributed by atoms with Crippen molar-refractivity contribution in [2.75, 3.05) is 25.0 Å². The predicted molar refractivity (Wildman–Crippen MR) is 93.3 cm³/mol. The summed E-state index contributed by atoms with van der Waals surface area (Å²) in [6, 6.07) is 8.77. The molecule has 1 aliphatic heterocycles. The first-order chi connectivity index (χ1) is 12.1. The molecule has 1 fully saturated rings. The Bertz CT molecular complexity index is 737. The molecule has 3 rings (SSSR count). The summed E-state index contributed by atoms with van der Waals surface area (Å²) in [5.74, 6) is 0.844. The number of piperidine rings is 1. The summed E-state index contributed by atoms with van der Waals surface area (Å²) < 4.78 is 1.56. The highest BCUT2D eigenvalue weighted by molar-refractivity contribution is 5.98. The van der Waals surface area contributed by atoms with Crippen molar-refractivity contribution in [1.82, 2.24) is 25.4 Å². The van der Waals surface area contributed by atoms with E-state index in [-0.39, 0.29) is 18.4 Å². The number of aryl methyl sites for hydroxylation is 1. The fraction of sp³-hybridized carbons (Fsp3) is 0.412. The summed E-state index contributed by atoms with van der Waals surface area (Å²) in [4.78, 5) is 28.5. The van der Waals surface area contributed by atoms with Gasteiger partial charge in [-0.05, 0) is 38.1 Å². The highest BCUT2D eigenvalue weighted by Crippen LogP contribution is 2.23. The van der Waals surface area contributed by atoms with Crippen molar-refractivity contribution < 1.29 is 9.59 Å². The molecule has 2 heterocycles. The Morgan fingerprint density at radius 3 is 2.68 bits per heavy atom. The minimum atomic E-state index is -0.336. The molecule has 8 heteroatoms. The molecule has 0 aliphatic carbocycles. The number of amides is 2. The first-order valence-corrected chi connectivity index (χ1v) is 8.38. The smallest absolute Gasteiger partial charge is 0.251 e. The number of rotatable bonds is 5. The number of benzene rings is 1. The van der Waals surface area contributed by atoms with Gasteiger partial charge in [-0.25, -0.2) is 4.68 Å². The Balaban J connectivity index is 1.54. The standard InChI is InChI=1S/C17H22N6O2/c1-23-17(21-15(22-23)12-7-9-18-10-8-12)20-14(24)11-19-16(25)13-5-3-2-4-6-13/h2-6,12,18H,7-11H2,1H3,(H,19,25)(H,20,21,22,24). The van der Waals surface area contributed by atoms with Crippen LogP contribution >= 0.6 is 0 Å². The molecular formula is C17H22N6O2. The van der Waals surface area contributed by atoms with Crippen LogP contribution in [-0.2, 0) is 11.8 Å². The molecule has 0 spiro atoms. The molecular weight excluding hydrogens is 320 g/mol. The Morgan fingerprint density at radius 2 is 1.96 bits per heavy atom. The molecule has 0 radical (unpaired) electrons. The average molecular weight is 342 g/mol. The number of nitrogens with zero attached hydrogens (tertiary/aromatic N) is 3. The average Bonchev–Trinajstić information content (AvgIpc) is 3.01. The topological polar surface area (TPSA) is 101 Å². The van der Waals surface area contributed by atoms with E-state index >= 15 is 0 Å². The third-order valence-electron chi connectivity index (χ3n) is 4.18. The lowest BCUT2D eigenvalue weighted by molar-refractivity contribution is -0.115. The van der Waals surface area contributed by atoms with Crippen LogP contribution in [0.4, 0.5) is 5.95 Å². The minimum Gasteiger partial charge on any atom is -0.343 e. The maximum absolute atomic E-state index is 12.1. The third-order valence-corrected chi connectivity index (χ3v) is 4.18. The number of carbonyl (C=O) groups is 2. The number of anilines is 1. The highest BCUT2D eigenvalue weighted by atomic mass is 16.2. The number of aromatic nitrogens is 3. The maximum Gasteiger partial charge on any atom is 0.251 e. The van der Waals surface area contributed by atoms with E-state index in [1.54, 1.807) is 36.0 Å². The van der Waals surface area contributed by atoms with Crippen molar-refractivity contribution in [3.63, 3.8) is 0 Å². The second-order valence-electron chi connectivity index (χ2n) is 6.04. The first-order valence-electron chi connectivity index (χ1n) is 8.38. The second-order valence-corrected chi connectivity index (χ2v) is 6.04. The number of hydrogen-bond acceptors (Lipinski definition) is 5. The molecule has 0 saturated carbocycles. The fourth-order valence-corrected chi connectivity index (χ4v) is 2.79.